The van der Waals surface area contributed by atoms with E-state index in [9.17, 15) is 20.1 Å². The van der Waals surface area contributed by atoms with Crippen LogP contribution < -0.4 is 9.64 Å². The van der Waals surface area contributed by atoms with Gasteiger partial charge in [0.05, 0.1) is 18.2 Å². The van der Waals surface area contributed by atoms with E-state index in [1.54, 1.807) is 30.3 Å². The first-order valence-corrected chi connectivity index (χ1v) is 13.4. The number of carboxylic acids is 1. The molecule has 2 aliphatic rings. The Morgan fingerprint density at radius 1 is 1.13 bits per heavy atom. The number of rotatable bonds is 8. The third-order valence-electron chi connectivity index (χ3n) is 7.71. The van der Waals surface area contributed by atoms with Crippen LogP contribution in [0.5, 0.6) is 11.5 Å². The number of benzene rings is 2. The lowest BCUT2D eigenvalue weighted by atomic mass is 9.84. The number of hydrogen-bond acceptors (Lipinski definition) is 5. The highest BCUT2D eigenvalue weighted by Crippen LogP contribution is 2.49. The first-order chi connectivity index (χ1) is 18.0. The van der Waals surface area contributed by atoms with Gasteiger partial charge >= 0.3 is 5.97 Å². The molecule has 2 atom stereocenters. The maximum absolute atomic E-state index is 11.3. The molecule has 6 nitrogen and oxygen atoms in total. The number of phenolic OH excluding ortho intramolecular Hbond substituents is 1. The van der Waals surface area contributed by atoms with Gasteiger partial charge in [-0.05, 0) is 90.6 Å². The van der Waals surface area contributed by atoms with Gasteiger partial charge < -0.3 is 25.0 Å². The highest BCUT2D eigenvalue weighted by molar-refractivity contribution is 5.90. The zero-order valence-corrected chi connectivity index (χ0v) is 23.0. The van der Waals surface area contributed by atoms with E-state index in [2.05, 4.69) is 37.8 Å². The molecule has 4 rings (SSSR count). The average molecular weight is 518 g/mol. The molecule has 2 aromatic carbocycles. The molecule has 2 unspecified atom stereocenters. The number of allylic oxidation sites excluding steroid dienone is 5. The number of aliphatic hydroxyl groups is 1. The summed E-state index contributed by atoms with van der Waals surface area (Å²) in [5.74, 6) is -0.186. The van der Waals surface area contributed by atoms with E-state index in [4.69, 9.17) is 4.74 Å². The number of ether oxygens (including phenoxy) is 1. The highest BCUT2D eigenvalue weighted by Gasteiger charge is 2.43. The summed E-state index contributed by atoms with van der Waals surface area (Å²) in [5, 5.41) is 31.3. The second kappa shape index (κ2) is 11.1. The molecule has 0 saturated carbocycles. The van der Waals surface area contributed by atoms with Crippen LogP contribution in [0.2, 0.25) is 0 Å². The quantitative estimate of drug-likeness (QED) is 0.327. The van der Waals surface area contributed by atoms with Crippen molar-refractivity contribution in [3.63, 3.8) is 0 Å². The first-order valence-electron chi connectivity index (χ1n) is 13.4. The Balaban J connectivity index is 1.59. The van der Waals surface area contributed by atoms with E-state index in [1.165, 1.54) is 11.1 Å². The Bertz CT molecular complexity index is 1300. The Hall–Kier alpha value is -3.51. The summed E-state index contributed by atoms with van der Waals surface area (Å²) in [6.45, 7) is 10.8. The lowest BCUT2D eigenvalue weighted by Crippen LogP contribution is -2.49. The molecule has 2 aromatic rings. The van der Waals surface area contributed by atoms with Gasteiger partial charge in [-0.25, -0.2) is 4.79 Å². The van der Waals surface area contributed by atoms with E-state index in [0.717, 1.165) is 41.8 Å². The Morgan fingerprint density at radius 3 is 2.47 bits per heavy atom. The van der Waals surface area contributed by atoms with Crippen molar-refractivity contribution in [2.75, 3.05) is 4.90 Å². The summed E-state index contributed by atoms with van der Waals surface area (Å²) in [4.78, 5) is 13.4. The standard InChI is InChI=1S/C32H39NO5/c1-6-27-24-17-28(34)25-18-29(35)32(5,16-8-11-21(4)10-7-9-20(2)3)38-30(25)26(24)19-33(27)23-14-12-22(13-15-23)31(36)37/h6,9,11-15,17,29,34-35H,7-8,10,16,18-19H2,1-5H3,(H,36,37)/b21-11+,27-6?. The largest absolute Gasteiger partial charge is 0.508 e. The van der Waals surface area contributed by atoms with Crippen molar-refractivity contribution >= 4 is 17.4 Å². The maximum Gasteiger partial charge on any atom is 0.335 e. The van der Waals surface area contributed by atoms with Crippen molar-refractivity contribution in [1.82, 2.24) is 0 Å². The lowest BCUT2D eigenvalue weighted by Gasteiger charge is -2.41. The summed E-state index contributed by atoms with van der Waals surface area (Å²) < 4.78 is 6.60. The number of carbonyl (C=O) groups is 1. The minimum absolute atomic E-state index is 0.122. The molecule has 0 fully saturated rings. The van der Waals surface area contributed by atoms with Crippen LogP contribution in [0.3, 0.4) is 0 Å². The molecular weight excluding hydrogens is 478 g/mol. The molecule has 202 valence electrons. The molecule has 0 amide bonds. The number of aromatic carboxylic acids is 1. The van der Waals surface area contributed by atoms with Gasteiger partial charge in [0.15, 0.2) is 0 Å². The molecule has 3 N–H and O–H groups in total. The van der Waals surface area contributed by atoms with E-state index in [1.807, 2.05) is 19.9 Å². The van der Waals surface area contributed by atoms with Crippen molar-refractivity contribution in [3.8, 4) is 11.5 Å². The van der Waals surface area contributed by atoms with Crippen molar-refractivity contribution in [3.05, 3.63) is 82.0 Å². The van der Waals surface area contributed by atoms with E-state index in [0.29, 0.717) is 30.7 Å². The van der Waals surface area contributed by atoms with Crippen molar-refractivity contribution in [2.45, 2.75) is 85.0 Å². The van der Waals surface area contributed by atoms with Crippen LogP contribution in [0.25, 0.3) is 5.70 Å². The third-order valence-corrected chi connectivity index (χ3v) is 7.71. The molecule has 38 heavy (non-hydrogen) atoms. The second-order valence-corrected chi connectivity index (χ2v) is 10.9. The Kier molecular flexibility index (Phi) is 8.02. The molecule has 0 bridgehead atoms. The number of aromatic hydroxyl groups is 1. The second-order valence-electron chi connectivity index (χ2n) is 10.9. The van der Waals surface area contributed by atoms with Crippen LogP contribution in [0, 0.1) is 0 Å². The summed E-state index contributed by atoms with van der Waals surface area (Å²) in [6, 6.07) is 8.55. The fraction of sp³-hybridized carbons (Fsp3) is 0.406. The molecule has 0 aromatic heterocycles. The fourth-order valence-electron chi connectivity index (χ4n) is 5.38. The number of nitrogens with zero attached hydrogens (tertiary/aromatic N) is 1. The number of hydrogen-bond donors (Lipinski definition) is 3. The molecule has 2 aliphatic heterocycles. The van der Waals surface area contributed by atoms with Crippen LogP contribution in [-0.4, -0.2) is 33.0 Å². The molecule has 2 heterocycles. The van der Waals surface area contributed by atoms with Gasteiger partial charge in [0.1, 0.15) is 17.1 Å². The number of fused-ring (bicyclic) bond motifs is 3. The number of carboxylic acid groups (broad SMARTS) is 1. The number of anilines is 1. The van der Waals surface area contributed by atoms with Gasteiger partial charge in [0.2, 0.25) is 0 Å². The normalized spacial score (nSPS) is 21.6. The van der Waals surface area contributed by atoms with E-state index < -0.39 is 17.7 Å². The van der Waals surface area contributed by atoms with Crippen LogP contribution in [0.15, 0.2) is 59.7 Å². The third kappa shape index (κ3) is 5.51. The topological polar surface area (TPSA) is 90.2 Å². The summed E-state index contributed by atoms with van der Waals surface area (Å²) >= 11 is 0. The summed E-state index contributed by atoms with van der Waals surface area (Å²) in [7, 11) is 0. The van der Waals surface area contributed by atoms with Gasteiger partial charge in [-0.1, -0.05) is 29.4 Å². The first kappa shape index (κ1) is 27.5. The number of aliphatic hydroxyl groups excluding tert-OH is 1. The maximum atomic E-state index is 11.3. The van der Waals surface area contributed by atoms with Gasteiger partial charge in [-0.15, -0.1) is 0 Å². The molecule has 0 spiro atoms. The molecule has 0 aliphatic carbocycles. The number of phenols is 1. The summed E-state index contributed by atoms with van der Waals surface area (Å²) in [5.41, 5.74) is 6.40. The van der Waals surface area contributed by atoms with Crippen LogP contribution in [0.4, 0.5) is 5.69 Å². The Labute approximate surface area is 225 Å². The predicted octanol–water partition coefficient (Wildman–Crippen LogP) is 7.00. The van der Waals surface area contributed by atoms with Crippen LogP contribution in [-0.2, 0) is 13.0 Å². The van der Waals surface area contributed by atoms with E-state index >= 15 is 0 Å². The zero-order valence-electron chi connectivity index (χ0n) is 23.0. The van der Waals surface area contributed by atoms with E-state index in [-0.39, 0.29) is 11.3 Å². The monoisotopic (exact) mass is 517 g/mol. The van der Waals surface area contributed by atoms with Crippen molar-refractivity contribution in [2.24, 2.45) is 0 Å². The zero-order chi connectivity index (χ0) is 27.6. The molecular formula is C32H39NO5. The average Bonchev–Trinajstić information content (AvgIpc) is 3.23. The smallest absolute Gasteiger partial charge is 0.335 e. The molecule has 6 heteroatoms. The fourth-order valence-corrected chi connectivity index (χ4v) is 5.38. The minimum atomic E-state index is -0.962. The van der Waals surface area contributed by atoms with Crippen LogP contribution in [0.1, 0.15) is 87.4 Å². The van der Waals surface area contributed by atoms with Gasteiger partial charge in [-0.2, -0.15) is 0 Å². The van der Waals surface area contributed by atoms with Gasteiger partial charge in [0, 0.05) is 34.5 Å². The van der Waals surface area contributed by atoms with Crippen molar-refractivity contribution < 1.29 is 24.9 Å². The molecule has 0 radical (unpaired) electrons. The highest BCUT2D eigenvalue weighted by atomic mass is 16.5. The SMILES string of the molecule is CC=C1c2cc(O)c3c(c2CN1c1ccc(C(=O)O)cc1)OC(C)(CC/C=C(\C)CCC=C(C)C)C(O)C3. The van der Waals surface area contributed by atoms with Gasteiger partial charge in [-0.3, -0.25) is 0 Å². The lowest BCUT2D eigenvalue weighted by molar-refractivity contribution is -0.0597. The van der Waals surface area contributed by atoms with Crippen molar-refractivity contribution in [1.29, 1.82) is 0 Å². The predicted molar refractivity (Wildman–Crippen MR) is 152 cm³/mol. The minimum Gasteiger partial charge on any atom is -0.508 e. The molecule has 0 saturated heterocycles. The van der Waals surface area contributed by atoms with Crippen LogP contribution >= 0.6 is 0 Å². The van der Waals surface area contributed by atoms with Gasteiger partial charge in [0.25, 0.3) is 0 Å². The Morgan fingerprint density at radius 2 is 1.84 bits per heavy atom. The summed E-state index contributed by atoms with van der Waals surface area (Å²) in [6.07, 6.45) is 9.58.